The van der Waals surface area contributed by atoms with Crippen molar-refractivity contribution < 1.29 is 19.5 Å². The van der Waals surface area contributed by atoms with Gasteiger partial charge in [-0.1, -0.05) is 38.1 Å². The molecule has 0 saturated heterocycles. The van der Waals surface area contributed by atoms with E-state index in [1.54, 1.807) is 12.3 Å². The van der Waals surface area contributed by atoms with Crippen molar-refractivity contribution in [1.29, 1.82) is 5.26 Å². The smallest absolute Gasteiger partial charge is 0.137 e. The van der Waals surface area contributed by atoms with Gasteiger partial charge in [-0.2, -0.15) is 5.26 Å². The molecule has 1 heterocycles. The Kier molecular flexibility index (Phi) is 10.8. The number of rotatable bonds is 11. The summed E-state index contributed by atoms with van der Waals surface area (Å²) in [5.41, 5.74) is 3.98. The zero-order valence-electron chi connectivity index (χ0n) is 19.3. The lowest BCUT2D eigenvalue weighted by atomic mass is 10.1. The van der Waals surface area contributed by atoms with Crippen LogP contribution in [0.2, 0.25) is 0 Å². The van der Waals surface area contributed by atoms with Gasteiger partial charge in [0.1, 0.15) is 17.6 Å². The third-order valence-electron chi connectivity index (χ3n) is 4.70. The third kappa shape index (κ3) is 8.01. The predicted molar refractivity (Wildman–Crippen MR) is 132 cm³/mol. The molecule has 34 heavy (non-hydrogen) atoms. The number of ether oxygens (including phenoxy) is 1. The topological polar surface area (TPSA) is 140 Å². The molecule has 1 aromatic heterocycles. The zero-order valence-corrected chi connectivity index (χ0v) is 20.1. The minimum absolute atomic E-state index is 0. The van der Waals surface area contributed by atoms with Crippen LogP contribution in [0.15, 0.2) is 54.7 Å². The summed E-state index contributed by atoms with van der Waals surface area (Å²) < 4.78 is 20.5. The Hall–Kier alpha value is -3.16. The van der Waals surface area contributed by atoms with Crippen molar-refractivity contribution >= 4 is 11.0 Å². The molecule has 0 amide bonds. The molecule has 0 radical (unpaired) electrons. The standard InChI is InChI=1S/C25H28N4O3S.H2O/c1-18(2)16-32-24-7-6-21(14-22(24)15-26)23-8-9-27-25(29-23)13-19-4-3-5-20(12-19)17-33(31)28-10-11-30;/h3-9,12,14,18,28,30H,10-11,13,16-17H2,1-2H3;1H2. The molecule has 3 aromatic rings. The van der Waals surface area contributed by atoms with Gasteiger partial charge in [0.05, 0.1) is 41.2 Å². The number of nitrogens with zero attached hydrogens (tertiary/aromatic N) is 3. The summed E-state index contributed by atoms with van der Waals surface area (Å²) in [5.74, 6) is 1.96. The van der Waals surface area contributed by atoms with Crippen molar-refractivity contribution in [2.45, 2.75) is 26.0 Å². The Morgan fingerprint density at radius 2 is 1.97 bits per heavy atom. The first-order valence-corrected chi connectivity index (χ1v) is 12.1. The minimum Gasteiger partial charge on any atom is -0.492 e. The summed E-state index contributed by atoms with van der Waals surface area (Å²) in [6, 6.07) is 17.3. The van der Waals surface area contributed by atoms with Crippen LogP contribution in [0, 0.1) is 17.2 Å². The van der Waals surface area contributed by atoms with Gasteiger partial charge >= 0.3 is 0 Å². The zero-order chi connectivity index (χ0) is 23.6. The van der Waals surface area contributed by atoms with E-state index in [1.165, 1.54) is 0 Å². The van der Waals surface area contributed by atoms with Gasteiger partial charge < -0.3 is 15.3 Å². The Labute approximate surface area is 202 Å². The van der Waals surface area contributed by atoms with E-state index in [4.69, 9.17) is 9.84 Å². The van der Waals surface area contributed by atoms with E-state index < -0.39 is 11.0 Å². The molecule has 0 bridgehead atoms. The molecule has 0 aliphatic rings. The fourth-order valence-corrected chi connectivity index (χ4v) is 4.08. The lowest BCUT2D eigenvalue weighted by molar-refractivity contribution is 0.270. The van der Waals surface area contributed by atoms with Crippen molar-refractivity contribution in [3.05, 3.63) is 77.2 Å². The van der Waals surface area contributed by atoms with Crippen LogP contribution in [0.4, 0.5) is 0 Å². The van der Waals surface area contributed by atoms with Crippen molar-refractivity contribution in [2.75, 3.05) is 19.8 Å². The first-order chi connectivity index (χ1) is 16.0. The molecule has 9 heteroatoms. The van der Waals surface area contributed by atoms with E-state index in [0.717, 1.165) is 22.4 Å². The molecule has 4 N–H and O–H groups in total. The Balaban J connectivity index is 0.00000408. The molecule has 1 unspecified atom stereocenters. The van der Waals surface area contributed by atoms with Gasteiger partial charge in [0.2, 0.25) is 0 Å². The number of aliphatic hydroxyl groups excluding tert-OH is 1. The van der Waals surface area contributed by atoms with Gasteiger partial charge in [0.15, 0.2) is 0 Å². The summed E-state index contributed by atoms with van der Waals surface area (Å²) >= 11 is 0. The molecule has 0 saturated carbocycles. The first-order valence-electron chi connectivity index (χ1n) is 10.8. The molecular formula is C25H30N4O4S. The van der Waals surface area contributed by atoms with Crippen LogP contribution in [-0.2, 0) is 23.2 Å². The summed E-state index contributed by atoms with van der Waals surface area (Å²) in [5, 5.41) is 18.4. The van der Waals surface area contributed by atoms with Gasteiger partial charge in [0, 0.05) is 24.7 Å². The number of aromatic nitrogens is 2. The van der Waals surface area contributed by atoms with Crippen LogP contribution in [0.3, 0.4) is 0 Å². The van der Waals surface area contributed by atoms with Gasteiger partial charge in [0.25, 0.3) is 0 Å². The Morgan fingerprint density at radius 1 is 1.18 bits per heavy atom. The number of hydrogen-bond donors (Lipinski definition) is 2. The highest BCUT2D eigenvalue weighted by atomic mass is 32.2. The Bertz CT molecular complexity index is 1150. The maximum absolute atomic E-state index is 12.0. The van der Waals surface area contributed by atoms with Crippen LogP contribution in [0.1, 0.15) is 36.4 Å². The quantitative estimate of drug-likeness (QED) is 0.430. The van der Waals surface area contributed by atoms with Crippen LogP contribution in [0.25, 0.3) is 11.3 Å². The maximum atomic E-state index is 12.0. The monoisotopic (exact) mass is 482 g/mol. The van der Waals surface area contributed by atoms with E-state index in [0.29, 0.717) is 48.4 Å². The van der Waals surface area contributed by atoms with E-state index in [9.17, 15) is 9.47 Å². The Morgan fingerprint density at radius 3 is 2.71 bits per heavy atom. The highest BCUT2D eigenvalue weighted by Gasteiger charge is 2.10. The maximum Gasteiger partial charge on any atom is 0.137 e. The average Bonchev–Trinajstić information content (AvgIpc) is 2.81. The van der Waals surface area contributed by atoms with Crippen LogP contribution in [0.5, 0.6) is 5.75 Å². The fourth-order valence-electron chi connectivity index (χ4n) is 3.18. The van der Waals surface area contributed by atoms with Crippen molar-refractivity contribution in [3.8, 4) is 23.1 Å². The normalized spacial score (nSPS) is 11.5. The molecule has 0 aliphatic carbocycles. The molecule has 180 valence electrons. The number of nitrogens with one attached hydrogen (secondary N) is 1. The van der Waals surface area contributed by atoms with Crippen molar-refractivity contribution in [3.63, 3.8) is 0 Å². The molecule has 0 spiro atoms. The third-order valence-corrected chi connectivity index (χ3v) is 5.82. The highest BCUT2D eigenvalue weighted by Crippen LogP contribution is 2.26. The number of benzene rings is 2. The summed E-state index contributed by atoms with van der Waals surface area (Å²) in [4.78, 5) is 9.09. The second kappa shape index (κ2) is 13.5. The van der Waals surface area contributed by atoms with E-state index in [1.807, 2.05) is 42.5 Å². The molecule has 8 nitrogen and oxygen atoms in total. The van der Waals surface area contributed by atoms with E-state index in [-0.39, 0.29) is 12.1 Å². The minimum atomic E-state index is -1.24. The lowest BCUT2D eigenvalue weighted by Gasteiger charge is -2.11. The molecule has 1 atom stereocenters. The molecular weight excluding hydrogens is 452 g/mol. The van der Waals surface area contributed by atoms with Crippen LogP contribution < -0.4 is 9.46 Å². The predicted octanol–water partition coefficient (Wildman–Crippen LogP) is 2.56. The van der Waals surface area contributed by atoms with Gasteiger partial charge in [-0.15, -0.1) is 0 Å². The van der Waals surface area contributed by atoms with E-state index >= 15 is 0 Å². The molecule has 0 fully saturated rings. The van der Waals surface area contributed by atoms with E-state index in [2.05, 4.69) is 34.6 Å². The average molecular weight is 483 g/mol. The SMILES string of the molecule is CC(C)COc1ccc(-c2ccnc(Cc3cccc(CS(=O)NCCO)c3)n2)cc1C#N.O. The highest BCUT2D eigenvalue weighted by molar-refractivity contribution is 7.82. The number of hydrogen-bond acceptors (Lipinski definition) is 6. The van der Waals surface area contributed by atoms with Crippen molar-refractivity contribution in [1.82, 2.24) is 14.7 Å². The molecule has 3 rings (SSSR count). The van der Waals surface area contributed by atoms with Crippen LogP contribution >= 0.6 is 0 Å². The van der Waals surface area contributed by atoms with Gasteiger partial charge in [-0.05, 0) is 41.3 Å². The van der Waals surface area contributed by atoms with Crippen molar-refractivity contribution in [2.24, 2.45) is 5.92 Å². The fraction of sp³-hybridized carbons (Fsp3) is 0.320. The first kappa shape index (κ1) is 27.1. The van der Waals surface area contributed by atoms with Crippen LogP contribution in [-0.4, -0.2) is 44.5 Å². The number of aliphatic hydroxyl groups is 1. The summed E-state index contributed by atoms with van der Waals surface area (Å²) in [7, 11) is -1.24. The van der Waals surface area contributed by atoms with Gasteiger partial charge in [-0.3, -0.25) is 0 Å². The largest absolute Gasteiger partial charge is 0.492 e. The summed E-state index contributed by atoms with van der Waals surface area (Å²) in [6.07, 6.45) is 2.24. The molecule has 2 aromatic carbocycles. The van der Waals surface area contributed by atoms with Gasteiger partial charge in [-0.25, -0.2) is 18.9 Å². The number of nitriles is 1. The summed E-state index contributed by atoms with van der Waals surface area (Å²) in [6.45, 7) is 4.92. The second-order valence-electron chi connectivity index (χ2n) is 7.99. The second-order valence-corrected chi connectivity index (χ2v) is 9.26. The molecule has 0 aliphatic heterocycles. The lowest BCUT2D eigenvalue weighted by Crippen LogP contribution is -2.22.